The molecule has 2 nitrogen and oxygen atoms in total. The highest BCUT2D eigenvalue weighted by Crippen LogP contribution is 2.54. The summed E-state index contributed by atoms with van der Waals surface area (Å²) in [7, 11) is 0. The topological polar surface area (TPSA) is 16.4 Å². The SMILES string of the molecule is CC1(C)c2cc(-c3ccccc3)ccc2-c2ccc(N(c3cccc(-c4ccc5oc6ccc7ccccc7c6c5c4)c3)c3ccc4c(c3)C(C)(C)c3cc(-c5ccccc5)ccc3-4)cc21. The Bertz CT molecular complexity index is 3610. The molecule has 2 heteroatoms. The first-order valence-electron chi connectivity index (χ1n) is 23.2. The van der Waals surface area contributed by atoms with Gasteiger partial charge in [-0.05, 0) is 155 Å². The van der Waals surface area contributed by atoms with Gasteiger partial charge in [-0.3, -0.25) is 0 Å². The van der Waals surface area contributed by atoms with Gasteiger partial charge in [0.15, 0.2) is 0 Å². The Morgan fingerprint density at radius 2 is 0.773 bits per heavy atom. The number of hydrogen-bond donors (Lipinski definition) is 0. The lowest BCUT2D eigenvalue weighted by molar-refractivity contribution is 0.660. The van der Waals surface area contributed by atoms with Gasteiger partial charge in [-0.2, -0.15) is 0 Å². The van der Waals surface area contributed by atoms with Crippen molar-refractivity contribution < 1.29 is 4.42 Å². The van der Waals surface area contributed by atoms with Crippen molar-refractivity contribution in [1.82, 2.24) is 0 Å². The smallest absolute Gasteiger partial charge is 0.136 e. The number of benzene rings is 10. The van der Waals surface area contributed by atoms with Crippen LogP contribution in [0.15, 0.2) is 217 Å². The zero-order valence-electron chi connectivity index (χ0n) is 37.6. The predicted octanol–water partition coefficient (Wildman–Crippen LogP) is 17.8. The van der Waals surface area contributed by atoms with Crippen LogP contribution in [0.1, 0.15) is 49.9 Å². The van der Waals surface area contributed by atoms with Gasteiger partial charge in [0.25, 0.3) is 0 Å². The van der Waals surface area contributed by atoms with E-state index in [1.54, 1.807) is 0 Å². The minimum atomic E-state index is -0.204. The molecular formula is C64H47NO. The average molecular weight is 846 g/mol. The molecule has 66 heavy (non-hydrogen) atoms. The van der Waals surface area contributed by atoms with Crippen molar-refractivity contribution in [3.05, 3.63) is 235 Å². The highest BCUT2D eigenvalue weighted by molar-refractivity contribution is 6.19. The molecule has 314 valence electrons. The molecule has 0 radical (unpaired) electrons. The molecule has 2 aliphatic carbocycles. The zero-order chi connectivity index (χ0) is 44.3. The van der Waals surface area contributed by atoms with E-state index in [-0.39, 0.29) is 10.8 Å². The second-order valence-electron chi connectivity index (χ2n) is 19.3. The molecule has 0 saturated carbocycles. The molecule has 13 rings (SSSR count). The molecule has 1 aromatic heterocycles. The fourth-order valence-corrected chi connectivity index (χ4v) is 11.3. The zero-order valence-corrected chi connectivity index (χ0v) is 37.6. The van der Waals surface area contributed by atoms with Crippen LogP contribution >= 0.6 is 0 Å². The molecule has 0 unspecified atom stereocenters. The summed E-state index contributed by atoms with van der Waals surface area (Å²) in [5.74, 6) is 0. The third-order valence-electron chi connectivity index (χ3n) is 14.8. The second kappa shape index (κ2) is 14.3. The van der Waals surface area contributed by atoms with Crippen LogP contribution in [-0.4, -0.2) is 0 Å². The summed E-state index contributed by atoms with van der Waals surface area (Å²) >= 11 is 0. The number of fused-ring (bicyclic) bond motifs is 11. The summed E-state index contributed by atoms with van der Waals surface area (Å²) in [6, 6.07) is 78.4. The van der Waals surface area contributed by atoms with Crippen LogP contribution in [0.2, 0.25) is 0 Å². The van der Waals surface area contributed by atoms with Gasteiger partial charge in [0, 0.05) is 38.7 Å². The lowest BCUT2D eigenvalue weighted by atomic mass is 9.81. The summed E-state index contributed by atoms with van der Waals surface area (Å²) < 4.78 is 6.43. The Labute approximate surface area is 386 Å². The lowest BCUT2D eigenvalue weighted by Gasteiger charge is -2.30. The number of rotatable bonds is 6. The van der Waals surface area contributed by atoms with Gasteiger partial charge in [-0.15, -0.1) is 0 Å². The molecule has 2 aliphatic rings. The summed E-state index contributed by atoms with van der Waals surface area (Å²) in [6.07, 6.45) is 0. The summed E-state index contributed by atoms with van der Waals surface area (Å²) in [6.45, 7) is 9.55. The highest BCUT2D eigenvalue weighted by Gasteiger charge is 2.38. The minimum absolute atomic E-state index is 0.204. The van der Waals surface area contributed by atoms with Crippen LogP contribution in [0, 0.1) is 0 Å². The highest BCUT2D eigenvalue weighted by atomic mass is 16.3. The Morgan fingerprint density at radius 1 is 0.318 bits per heavy atom. The van der Waals surface area contributed by atoms with Crippen molar-refractivity contribution in [2.75, 3.05) is 4.90 Å². The van der Waals surface area contributed by atoms with Gasteiger partial charge in [0.1, 0.15) is 11.2 Å². The first-order valence-corrected chi connectivity index (χ1v) is 23.2. The largest absolute Gasteiger partial charge is 0.456 e. The maximum Gasteiger partial charge on any atom is 0.136 e. The van der Waals surface area contributed by atoms with Gasteiger partial charge in [0.05, 0.1) is 0 Å². The van der Waals surface area contributed by atoms with E-state index in [9.17, 15) is 0 Å². The van der Waals surface area contributed by atoms with Crippen molar-refractivity contribution in [1.29, 1.82) is 0 Å². The van der Waals surface area contributed by atoms with Gasteiger partial charge < -0.3 is 9.32 Å². The van der Waals surface area contributed by atoms with Crippen LogP contribution in [-0.2, 0) is 10.8 Å². The van der Waals surface area contributed by atoms with E-state index < -0.39 is 0 Å². The van der Waals surface area contributed by atoms with E-state index in [0.29, 0.717) is 0 Å². The van der Waals surface area contributed by atoms with Gasteiger partial charge in [-0.1, -0.05) is 173 Å². The van der Waals surface area contributed by atoms with Crippen LogP contribution in [0.25, 0.3) is 88.3 Å². The molecule has 0 N–H and O–H groups in total. The molecule has 0 atom stereocenters. The average Bonchev–Trinajstić information content (AvgIpc) is 3.93. The minimum Gasteiger partial charge on any atom is -0.456 e. The molecule has 0 spiro atoms. The van der Waals surface area contributed by atoms with E-state index in [0.717, 1.165) is 50.1 Å². The first-order chi connectivity index (χ1) is 32.2. The van der Waals surface area contributed by atoms with Crippen LogP contribution < -0.4 is 4.90 Å². The lowest BCUT2D eigenvalue weighted by Crippen LogP contribution is -2.18. The third kappa shape index (κ3) is 5.81. The molecule has 0 bridgehead atoms. The molecule has 0 amide bonds. The maximum atomic E-state index is 6.43. The monoisotopic (exact) mass is 845 g/mol. The van der Waals surface area contributed by atoms with Crippen molar-refractivity contribution in [3.63, 3.8) is 0 Å². The van der Waals surface area contributed by atoms with Crippen LogP contribution in [0.4, 0.5) is 17.1 Å². The number of furan rings is 1. The summed E-state index contributed by atoms with van der Waals surface area (Å²) in [5, 5.41) is 4.72. The van der Waals surface area contributed by atoms with Gasteiger partial charge in [0.2, 0.25) is 0 Å². The Morgan fingerprint density at radius 3 is 1.38 bits per heavy atom. The van der Waals surface area contributed by atoms with Gasteiger partial charge >= 0.3 is 0 Å². The Balaban J connectivity index is 0.962. The number of nitrogens with zero attached hydrogens (tertiary/aromatic N) is 1. The van der Waals surface area contributed by atoms with Crippen molar-refractivity contribution in [3.8, 4) is 55.6 Å². The molecule has 0 saturated heterocycles. The van der Waals surface area contributed by atoms with E-state index in [4.69, 9.17) is 4.42 Å². The molecular weight excluding hydrogens is 799 g/mol. The van der Waals surface area contributed by atoms with E-state index in [1.807, 2.05) is 0 Å². The predicted molar refractivity (Wildman–Crippen MR) is 277 cm³/mol. The molecule has 11 aromatic rings. The fourth-order valence-electron chi connectivity index (χ4n) is 11.3. The van der Waals surface area contributed by atoms with E-state index in [2.05, 4.69) is 245 Å². The maximum absolute atomic E-state index is 6.43. The van der Waals surface area contributed by atoms with E-state index in [1.165, 1.54) is 77.5 Å². The van der Waals surface area contributed by atoms with Crippen LogP contribution in [0.3, 0.4) is 0 Å². The quantitative estimate of drug-likeness (QED) is 0.166. The fraction of sp³-hybridized carbons (Fsp3) is 0.0938. The van der Waals surface area contributed by atoms with E-state index >= 15 is 0 Å². The summed E-state index contributed by atoms with van der Waals surface area (Å²) in [5.41, 5.74) is 22.7. The third-order valence-corrected chi connectivity index (χ3v) is 14.8. The Kier molecular flexibility index (Phi) is 8.33. The summed E-state index contributed by atoms with van der Waals surface area (Å²) in [4.78, 5) is 2.48. The molecule has 0 aliphatic heterocycles. The van der Waals surface area contributed by atoms with Gasteiger partial charge in [-0.25, -0.2) is 0 Å². The van der Waals surface area contributed by atoms with Crippen molar-refractivity contribution >= 4 is 49.8 Å². The number of anilines is 3. The van der Waals surface area contributed by atoms with Crippen molar-refractivity contribution in [2.45, 2.75) is 38.5 Å². The Hall–Kier alpha value is -7.94. The standard InChI is InChI=1S/C64H47NO/c1-63(2)56-36-45(40-14-7-5-8-15-40)22-28-51(56)53-30-26-48(38-58(53)63)65(49-27-31-54-52-29-23-46(41-16-9-6-10-17-41)37-57(52)64(3,4)59(54)39-49)47-20-13-19-43(34-47)44-25-32-60-55(35-44)62-50-21-12-11-18-42(50)24-33-61(62)66-60/h5-39H,1-4H3. The first kappa shape index (κ1) is 38.5. The molecule has 10 aromatic carbocycles. The normalized spacial score (nSPS) is 14.0. The van der Waals surface area contributed by atoms with Crippen molar-refractivity contribution in [2.24, 2.45) is 0 Å². The number of hydrogen-bond acceptors (Lipinski definition) is 2. The second-order valence-corrected chi connectivity index (χ2v) is 19.3. The molecule has 1 heterocycles. The van der Waals surface area contributed by atoms with Crippen LogP contribution in [0.5, 0.6) is 0 Å². The molecule has 0 fully saturated rings.